The van der Waals surface area contributed by atoms with Gasteiger partial charge in [-0.2, -0.15) is 0 Å². The van der Waals surface area contributed by atoms with Crippen LogP contribution in [0.25, 0.3) is 0 Å². The number of carboxylic acid groups (broad SMARTS) is 1. The first-order valence-corrected chi connectivity index (χ1v) is 7.50. The van der Waals surface area contributed by atoms with Crippen molar-refractivity contribution in [2.24, 2.45) is 0 Å². The van der Waals surface area contributed by atoms with Crippen LogP contribution in [0.5, 0.6) is 0 Å². The summed E-state index contributed by atoms with van der Waals surface area (Å²) in [6.07, 6.45) is 0.0873. The van der Waals surface area contributed by atoms with Gasteiger partial charge < -0.3 is 15.2 Å². The fraction of sp³-hybridized carbons (Fsp3) is 0.500. The van der Waals surface area contributed by atoms with Gasteiger partial charge in [0.25, 0.3) is 0 Å². The first kappa shape index (κ1) is 15.3. The van der Waals surface area contributed by atoms with E-state index in [0.717, 1.165) is 30.7 Å². The molecule has 1 fully saturated rings. The number of hydrogen-bond donors (Lipinski definition) is 2. The molecule has 1 aliphatic heterocycles. The van der Waals surface area contributed by atoms with E-state index >= 15 is 0 Å². The zero-order valence-corrected chi connectivity index (χ0v) is 13.0. The minimum Gasteiger partial charge on any atom is -0.478 e. The van der Waals surface area contributed by atoms with Crippen LogP contribution in [0.4, 0.5) is 5.69 Å². The summed E-state index contributed by atoms with van der Waals surface area (Å²) in [5.41, 5.74) is 0.889. The van der Waals surface area contributed by atoms with E-state index in [-0.39, 0.29) is 11.7 Å². The Morgan fingerprint density at radius 2 is 2.40 bits per heavy atom. The highest BCUT2D eigenvalue weighted by Crippen LogP contribution is 2.22. The van der Waals surface area contributed by atoms with Crippen LogP contribution < -0.4 is 5.32 Å². The fourth-order valence-electron chi connectivity index (χ4n) is 2.26. The second kappa shape index (κ2) is 7.06. The van der Waals surface area contributed by atoms with E-state index in [2.05, 4.69) is 33.1 Å². The van der Waals surface area contributed by atoms with E-state index in [9.17, 15) is 9.90 Å². The van der Waals surface area contributed by atoms with Crippen LogP contribution in [-0.2, 0) is 4.74 Å². The van der Waals surface area contributed by atoms with Crippen molar-refractivity contribution in [1.82, 2.24) is 4.90 Å². The van der Waals surface area contributed by atoms with Crippen molar-refractivity contribution in [3.05, 3.63) is 28.2 Å². The number of anilines is 1. The van der Waals surface area contributed by atoms with Crippen LogP contribution >= 0.6 is 15.9 Å². The number of nitrogens with one attached hydrogen (secondary N) is 1. The van der Waals surface area contributed by atoms with Gasteiger partial charge in [-0.1, -0.05) is 22.9 Å². The predicted molar refractivity (Wildman–Crippen MR) is 81.4 cm³/mol. The smallest absolute Gasteiger partial charge is 0.337 e. The Morgan fingerprint density at radius 3 is 3.10 bits per heavy atom. The maximum absolute atomic E-state index is 11.2. The molecule has 2 N–H and O–H groups in total. The molecule has 1 heterocycles. The van der Waals surface area contributed by atoms with E-state index in [4.69, 9.17) is 4.74 Å². The van der Waals surface area contributed by atoms with Gasteiger partial charge in [0, 0.05) is 29.8 Å². The average molecular weight is 343 g/mol. The van der Waals surface area contributed by atoms with Crippen molar-refractivity contribution in [2.75, 3.05) is 38.1 Å². The molecule has 0 spiro atoms. The molecular formula is C14H19BrN2O3. The standard InChI is InChI=1S/C14H19BrN2O3/c1-2-17-5-6-20-11(9-17)8-16-13-7-10(15)3-4-12(13)14(18)19/h3-4,7,11,16H,2,5-6,8-9H2,1H3,(H,18,19). The third kappa shape index (κ3) is 3.94. The van der Waals surface area contributed by atoms with Crippen molar-refractivity contribution in [1.29, 1.82) is 0 Å². The topological polar surface area (TPSA) is 61.8 Å². The van der Waals surface area contributed by atoms with Crippen molar-refractivity contribution < 1.29 is 14.6 Å². The Kier molecular flexibility index (Phi) is 5.39. The molecule has 0 bridgehead atoms. The van der Waals surface area contributed by atoms with E-state index in [1.165, 1.54) is 0 Å². The molecule has 110 valence electrons. The zero-order chi connectivity index (χ0) is 14.5. The molecule has 5 nitrogen and oxygen atoms in total. The molecule has 1 atom stereocenters. The Morgan fingerprint density at radius 1 is 1.60 bits per heavy atom. The highest BCUT2D eigenvalue weighted by Gasteiger charge is 2.19. The first-order chi connectivity index (χ1) is 9.60. The summed E-state index contributed by atoms with van der Waals surface area (Å²) in [4.78, 5) is 13.5. The van der Waals surface area contributed by atoms with Gasteiger partial charge in [0.1, 0.15) is 0 Å². The highest BCUT2D eigenvalue weighted by atomic mass is 79.9. The number of benzene rings is 1. The summed E-state index contributed by atoms with van der Waals surface area (Å²) in [5.74, 6) is -0.931. The van der Waals surface area contributed by atoms with Gasteiger partial charge in [-0.05, 0) is 24.7 Å². The number of carbonyl (C=O) groups is 1. The molecule has 1 saturated heterocycles. The quantitative estimate of drug-likeness (QED) is 0.859. The van der Waals surface area contributed by atoms with Crippen molar-refractivity contribution in [2.45, 2.75) is 13.0 Å². The Bertz CT molecular complexity index is 481. The maximum atomic E-state index is 11.2. The third-order valence-electron chi connectivity index (χ3n) is 3.40. The molecular weight excluding hydrogens is 324 g/mol. The molecule has 2 rings (SSSR count). The zero-order valence-electron chi connectivity index (χ0n) is 11.4. The van der Waals surface area contributed by atoms with Crippen molar-refractivity contribution >= 4 is 27.6 Å². The number of hydrogen-bond acceptors (Lipinski definition) is 4. The molecule has 20 heavy (non-hydrogen) atoms. The predicted octanol–water partition coefficient (Wildman–Crippen LogP) is 2.28. The number of likely N-dealkylation sites (N-methyl/N-ethyl adjacent to an activating group) is 1. The molecule has 1 aliphatic rings. The van der Waals surface area contributed by atoms with Crippen LogP contribution in [0.3, 0.4) is 0 Å². The van der Waals surface area contributed by atoms with E-state index in [1.807, 2.05) is 0 Å². The summed E-state index contributed by atoms with van der Waals surface area (Å²) in [6.45, 7) is 6.31. The fourth-order valence-corrected chi connectivity index (χ4v) is 2.63. The number of aromatic carboxylic acids is 1. The number of rotatable bonds is 5. The number of halogens is 1. The molecule has 0 radical (unpaired) electrons. The number of nitrogens with zero attached hydrogens (tertiary/aromatic N) is 1. The van der Waals surface area contributed by atoms with Crippen LogP contribution in [0.2, 0.25) is 0 Å². The SMILES string of the molecule is CCN1CCOC(CNc2cc(Br)ccc2C(=O)O)C1. The summed E-state index contributed by atoms with van der Waals surface area (Å²) < 4.78 is 6.55. The van der Waals surface area contributed by atoms with Gasteiger partial charge in [-0.15, -0.1) is 0 Å². The largest absolute Gasteiger partial charge is 0.478 e. The van der Waals surface area contributed by atoms with E-state index < -0.39 is 5.97 Å². The lowest BCUT2D eigenvalue weighted by atomic mass is 10.1. The van der Waals surface area contributed by atoms with Crippen LogP contribution in [0.15, 0.2) is 22.7 Å². The third-order valence-corrected chi connectivity index (χ3v) is 3.90. The normalized spacial score (nSPS) is 19.8. The molecule has 1 aromatic rings. The second-order valence-electron chi connectivity index (χ2n) is 4.76. The number of ether oxygens (including phenoxy) is 1. The van der Waals surface area contributed by atoms with Crippen molar-refractivity contribution in [3.63, 3.8) is 0 Å². The van der Waals surface area contributed by atoms with Crippen LogP contribution in [0.1, 0.15) is 17.3 Å². The van der Waals surface area contributed by atoms with Crippen LogP contribution in [-0.4, -0.2) is 54.9 Å². The average Bonchev–Trinajstić information content (AvgIpc) is 2.45. The number of morpholine rings is 1. The Hall–Kier alpha value is -1.11. The van der Waals surface area contributed by atoms with Gasteiger partial charge in [0.15, 0.2) is 0 Å². The highest BCUT2D eigenvalue weighted by molar-refractivity contribution is 9.10. The van der Waals surface area contributed by atoms with Crippen LogP contribution in [0, 0.1) is 0 Å². The van der Waals surface area contributed by atoms with E-state index in [1.54, 1.807) is 18.2 Å². The lowest BCUT2D eigenvalue weighted by Gasteiger charge is -2.32. The lowest BCUT2D eigenvalue weighted by molar-refractivity contribution is -0.0191. The van der Waals surface area contributed by atoms with Gasteiger partial charge in [0.05, 0.1) is 18.3 Å². The monoisotopic (exact) mass is 342 g/mol. The minimum atomic E-state index is -0.931. The summed E-state index contributed by atoms with van der Waals surface area (Å²) in [5, 5.41) is 12.4. The minimum absolute atomic E-state index is 0.0873. The van der Waals surface area contributed by atoms with Gasteiger partial charge in [-0.3, -0.25) is 4.90 Å². The molecule has 6 heteroatoms. The molecule has 0 saturated carbocycles. The molecule has 1 aromatic carbocycles. The second-order valence-corrected chi connectivity index (χ2v) is 5.68. The van der Waals surface area contributed by atoms with Crippen molar-refractivity contribution in [3.8, 4) is 0 Å². The molecule has 0 amide bonds. The summed E-state index contributed by atoms with van der Waals surface area (Å²) >= 11 is 3.36. The number of carboxylic acids is 1. The Labute approximate surface area is 127 Å². The Balaban J connectivity index is 1.99. The molecule has 0 aromatic heterocycles. The van der Waals surface area contributed by atoms with E-state index in [0.29, 0.717) is 12.2 Å². The van der Waals surface area contributed by atoms with Gasteiger partial charge in [0.2, 0.25) is 0 Å². The molecule has 0 aliphatic carbocycles. The van der Waals surface area contributed by atoms with Gasteiger partial charge >= 0.3 is 5.97 Å². The lowest BCUT2D eigenvalue weighted by Crippen LogP contribution is -2.45. The summed E-state index contributed by atoms with van der Waals surface area (Å²) in [6, 6.07) is 5.10. The van der Waals surface area contributed by atoms with Gasteiger partial charge in [-0.25, -0.2) is 4.79 Å². The molecule has 1 unspecified atom stereocenters. The maximum Gasteiger partial charge on any atom is 0.337 e. The summed E-state index contributed by atoms with van der Waals surface area (Å²) in [7, 11) is 0. The first-order valence-electron chi connectivity index (χ1n) is 6.70.